The highest BCUT2D eigenvalue weighted by Gasteiger charge is 2.11. The normalized spacial score (nSPS) is 9.84. The van der Waals surface area contributed by atoms with Gasteiger partial charge in [-0.05, 0) is 54.4 Å². The van der Waals surface area contributed by atoms with E-state index in [0.717, 1.165) is 0 Å². The van der Waals surface area contributed by atoms with Gasteiger partial charge in [-0.3, -0.25) is 4.79 Å². The Morgan fingerprint density at radius 1 is 1.24 bits per heavy atom. The van der Waals surface area contributed by atoms with Crippen molar-refractivity contribution in [3.05, 3.63) is 63.5 Å². The number of nitrogens with one attached hydrogen (secondary N) is 1. The van der Waals surface area contributed by atoms with E-state index < -0.39 is 0 Å². The number of methoxy groups -OCH3 is 1. The number of amides is 1. The zero-order chi connectivity index (χ0) is 18.1. The Hall–Kier alpha value is -2.89. The van der Waals surface area contributed by atoms with Crippen LogP contribution in [0.15, 0.2) is 47.6 Å². The van der Waals surface area contributed by atoms with Crippen LogP contribution < -0.4 is 14.8 Å². The van der Waals surface area contributed by atoms with E-state index in [2.05, 4.69) is 15.3 Å². The van der Waals surface area contributed by atoms with Crippen LogP contribution in [0.4, 0.5) is 0 Å². The molecule has 8 heteroatoms. The monoisotopic (exact) mass is 360 g/mol. The number of halogens is 1. The zero-order valence-corrected chi connectivity index (χ0v) is 14.4. The fourth-order valence-electron chi connectivity index (χ4n) is 2.02. The predicted molar refractivity (Wildman–Crippen MR) is 95.5 cm³/mol. The summed E-state index contributed by atoms with van der Waals surface area (Å²) < 4.78 is 11.1. The number of hydrogen-bond donors (Lipinski definition) is 1. The third-order valence-electron chi connectivity index (χ3n) is 3.25. The van der Waals surface area contributed by atoms with Crippen molar-refractivity contribution in [3.63, 3.8) is 0 Å². The lowest BCUT2D eigenvalue weighted by Crippen LogP contribution is -2.24. The Kier molecular flexibility index (Phi) is 6.95. The molecule has 0 aliphatic carbocycles. The van der Waals surface area contributed by atoms with Crippen LogP contribution >= 0.6 is 11.6 Å². The molecule has 2 aromatic carbocycles. The van der Waals surface area contributed by atoms with E-state index in [0.29, 0.717) is 47.3 Å². The summed E-state index contributed by atoms with van der Waals surface area (Å²) >= 11 is 5.85. The Bertz CT molecular complexity index is 774. The van der Waals surface area contributed by atoms with Gasteiger partial charge >= 0.3 is 0 Å². The number of ether oxygens (including phenoxy) is 2. The van der Waals surface area contributed by atoms with Gasteiger partial charge in [0.05, 0.1) is 7.11 Å². The van der Waals surface area contributed by atoms with Crippen molar-refractivity contribution in [3.8, 4) is 17.2 Å². The summed E-state index contributed by atoms with van der Waals surface area (Å²) in [6.45, 7) is 0.761. The number of benzene rings is 2. The van der Waals surface area contributed by atoms with Gasteiger partial charge in [-0.2, -0.15) is 0 Å². The first-order valence-corrected chi connectivity index (χ1v) is 7.92. The van der Waals surface area contributed by atoms with Gasteiger partial charge in [0, 0.05) is 28.6 Å². The van der Waals surface area contributed by atoms with Gasteiger partial charge in [0.1, 0.15) is 5.75 Å². The summed E-state index contributed by atoms with van der Waals surface area (Å²) in [6.07, 6.45) is 0.574. The van der Waals surface area contributed by atoms with E-state index in [9.17, 15) is 4.79 Å². The lowest BCUT2D eigenvalue weighted by atomic mass is 10.2. The average Bonchev–Trinajstić information content (AvgIpc) is 2.63. The lowest BCUT2D eigenvalue weighted by molar-refractivity contribution is 0.0953. The molecule has 25 heavy (non-hydrogen) atoms. The van der Waals surface area contributed by atoms with Crippen molar-refractivity contribution in [2.24, 2.45) is 5.11 Å². The molecule has 2 rings (SSSR count). The Morgan fingerprint density at radius 2 is 2.00 bits per heavy atom. The molecule has 0 aliphatic rings. The van der Waals surface area contributed by atoms with Gasteiger partial charge < -0.3 is 14.8 Å². The first kappa shape index (κ1) is 18.4. The second kappa shape index (κ2) is 9.42. The van der Waals surface area contributed by atoms with Crippen LogP contribution in [-0.4, -0.2) is 26.1 Å². The summed E-state index contributed by atoms with van der Waals surface area (Å²) in [5.74, 6) is 1.30. The molecule has 7 nitrogen and oxygen atoms in total. The van der Waals surface area contributed by atoms with Crippen LogP contribution in [0.25, 0.3) is 10.4 Å². The SMILES string of the molecule is COc1cc(C(=O)NCCCN=[N+]=[N-])ccc1Oc1ccc(Cl)cc1. The first-order valence-electron chi connectivity index (χ1n) is 7.54. The molecule has 1 amide bonds. The summed E-state index contributed by atoms with van der Waals surface area (Å²) in [5.41, 5.74) is 8.64. The number of nitrogens with zero attached hydrogens (tertiary/aromatic N) is 3. The molecule has 0 heterocycles. The highest BCUT2D eigenvalue weighted by Crippen LogP contribution is 2.32. The third-order valence-corrected chi connectivity index (χ3v) is 3.50. The van der Waals surface area contributed by atoms with Crippen LogP contribution in [0.1, 0.15) is 16.8 Å². The fourth-order valence-corrected chi connectivity index (χ4v) is 2.15. The van der Waals surface area contributed by atoms with Gasteiger partial charge in [-0.1, -0.05) is 16.7 Å². The number of hydrogen-bond acceptors (Lipinski definition) is 4. The maximum atomic E-state index is 12.1. The molecule has 0 aromatic heterocycles. The second-order valence-electron chi connectivity index (χ2n) is 4.99. The van der Waals surface area contributed by atoms with E-state index in [4.69, 9.17) is 26.6 Å². The highest BCUT2D eigenvalue weighted by atomic mass is 35.5. The first-order chi connectivity index (χ1) is 12.1. The van der Waals surface area contributed by atoms with E-state index in [1.165, 1.54) is 7.11 Å². The minimum Gasteiger partial charge on any atom is -0.493 e. The minimum absolute atomic E-state index is 0.239. The molecule has 0 fully saturated rings. The zero-order valence-electron chi connectivity index (χ0n) is 13.6. The largest absolute Gasteiger partial charge is 0.493 e. The molecule has 0 atom stereocenters. The van der Waals surface area contributed by atoms with Gasteiger partial charge in [-0.15, -0.1) is 0 Å². The van der Waals surface area contributed by atoms with Crippen LogP contribution in [0.2, 0.25) is 5.02 Å². The van der Waals surface area contributed by atoms with Crippen LogP contribution in [0, 0.1) is 0 Å². The van der Waals surface area contributed by atoms with Crippen molar-refractivity contribution >= 4 is 17.5 Å². The average molecular weight is 361 g/mol. The molecule has 130 valence electrons. The van der Waals surface area contributed by atoms with Crippen molar-refractivity contribution in [1.82, 2.24) is 5.32 Å². The minimum atomic E-state index is -0.239. The molecule has 1 N–H and O–H groups in total. The van der Waals surface area contributed by atoms with Crippen molar-refractivity contribution in [2.75, 3.05) is 20.2 Å². The smallest absolute Gasteiger partial charge is 0.251 e. The Balaban J connectivity index is 2.03. The quantitative estimate of drug-likeness (QED) is 0.323. The number of rotatable bonds is 8. The van der Waals surface area contributed by atoms with Crippen LogP contribution in [0.5, 0.6) is 17.2 Å². The van der Waals surface area contributed by atoms with Crippen molar-refractivity contribution < 1.29 is 14.3 Å². The standard InChI is InChI=1S/C17H17ClN4O3/c1-24-16-11-12(17(23)20-9-2-10-21-22-19)3-8-15(16)25-14-6-4-13(18)5-7-14/h3-8,11H,2,9-10H2,1H3,(H,20,23). The summed E-state index contributed by atoms with van der Waals surface area (Å²) in [5, 5.41) is 6.78. The molecule has 0 spiro atoms. The molecule has 0 bridgehead atoms. The summed E-state index contributed by atoms with van der Waals surface area (Å²) in [7, 11) is 1.51. The Morgan fingerprint density at radius 3 is 2.68 bits per heavy atom. The molecular formula is C17H17ClN4O3. The maximum absolute atomic E-state index is 12.1. The predicted octanol–water partition coefficient (Wildman–Crippen LogP) is 4.57. The number of azide groups is 1. The third kappa shape index (κ3) is 5.60. The topological polar surface area (TPSA) is 96.3 Å². The van der Waals surface area contributed by atoms with Crippen LogP contribution in [0.3, 0.4) is 0 Å². The summed E-state index contributed by atoms with van der Waals surface area (Å²) in [4.78, 5) is 14.8. The maximum Gasteiger partial charge on any atom is 0.251 e. The van der Waals surface area contributed by atoms with E-state index >= 15 is 0 Å². The van der Waals surface area contributed by atoms with E-state index in [1.807, 2.05) is 0 Å². The number of carbonyl (C=O) groups excluding carboxylic acids is 1. The second-order valence-corrected chi connectivity index (χ2v) is 5.42. The molecule has 2 aromatic rings. The van der Waals surface area contributed by atoms with Crippen molar-refractivity contribution in [2.45, 2.75) is 6.42 Å². The lowest BCUT2D eigenvalue weighted by Gasteiger charge is -2.12. The summed E-state index contributed by atoms with van der Waals surface area (Å²) in [6, 6.07) is 11.9. The fraction of sp³-hybridized carbons (Fsp3) is 0.235. The van der Waals surface area contributed by atoms with Crippen molar-refractivity contribution in [1.29, 1.82) is 0 Å². The number of carbonyl (C=O) groups is 1. The van der Waals surface area contributed by atoms with Gasteiger partial charge in [0.2, 0.25) is 0 Å². The van der Waals surface area contributed by atoms with Gasteiger partial charge in [0.15, 0.2) is 11.5 Å². The molecule has 0 unspecified atom stereocenters. The molecule has 0 aliphatic heterocycles. The Labute approximate surface area is 150 Å². The van der Waals surface area contributed by atoms with Crippen LogP contribution in [-0.2, 0) is 0 Å². The molecule has 0 radical (unpaired) electrons. The molecule has 0 saturated carbocycles. The molecule has 0 saturated heterocycles. The van der Waals surface area contributed by atoms with Gasteiger partial charge in [-0.25, -0.2) is 0 Å². The van der Waals surface area contributed by atoms with E-state index in [1.54, 1.807) is 42.5 Å². The van der Waals surface area contributed by atoms with E-state index in [-0.39, 0.29) is 5.91 Å². The van der Waals surface area contributed by atoms with Gasteiger partial charge in [0.25, 0.3) is 5.91 Å². The molecular weight excluding hydrogens is 344 g/mol. The highest BCUT2D eigenvalue weighted by molar-refractivity contribution is 6.30.